The van der Waals surface area contributed by atoms with Gasteiger partial charge < -0.3 is 15.1 Å². The van der Waals surface area contributed by atoms with Crippen molar-refractivity contribution in [2.24, 2.45) is 0 Å². The first-order valence-corrected chi connectivity index (χ1v) is 9.00. The van der Waals surface area contributed by atoms with Crippen LogP contribution in [0.5, 0.6) is 0 Å². The first kappa shape index (κ1) is 16.6. The fourth-order valence-electron chi connectivity index (χ4n) is 3.18. The highest BCUT2D eigenvalue weighted by molar-refractivity contribution is 5.60. The van der Waals surface area contributed by atoms with Crippen LogP contribution in [-0.2, 0) is 0 Å². The predicted octanol–water partition coefficient (Wildman–Crippen LogP) is 4.06. The fourth-order valence-corrected chi connectivity index (χ4v) is 3.18. The SMILES string of the molecule is CCN(CC)c1ccc(Nc2nccc(N3CCCCC3)n2)cc1. The van der Waals surface area contributed by atoms with Crippen molar-refractivity contribution in [3.05, 3.63) is 36.5 Å². The van der Waals surface area contributed by atoms with Crippen molar-refractivity contribution < 1.29 is 0 Å². The van der Waals surface area contributed by atoms with Crippen LogP contribution in [0, 0.1) is 0 Å². The number of nitrogens with zero attached hydrogens (tertiary/aromatic N) is 4. The van der Waals surface area contributed by atoms with Crippen molar-refractivity contribution in [2.45, 2.75) is 33.1 Å². The van der Waals surface area contributed by atoms with Gasteiger partial charge >= 0.3 is 0 Å². The highest BCUT2D eigenvalue weighted by atomic mass is 15.2. The Labute approximate surface area is 144 Å². The Kier molecular flexibility index (Phi) is 5.51. The van der Waals surface area contributed by atoms with Crippen LogP contribution in [0.25, 0.3) is 0 Å². The molecule has 5 heteroatoms. The molecule has 1 aliphatic rings. The van der Waals surface area contributed by atoms with E-state index in [2.05, 4.69) is 63.2 Å². The summed E-state index contributed by atoms with van der Waals surface area (Å²) in [6.45, 7) is 8.57. The average molecular weight is 325 g/mol. The van der Waals surface area contributed by atoms with E-state index in [1.807, 2.05) is 12.3 Å². The molecule has 128 valence electrons. The van der Waals surface area contributed by atoms with Crippen molar-refractivity contribution in [2.75, 3.05) is 41.3 Å². The van der Waals surface area contributed by atoms with E-state index in [-0.39, 0.29) is 0 Å². The number of rotatable bonds is 6. The average Bonchev–Trinajstić information content (AvgIpc) is 2.65. The smallest absolute Gasteiger partial charge is 0.229 e. The van der Waals surface area contributed by atoms with Gasteiger partial charge in [0.1, 0.15) is 5.82 Å². The van der Waals surface area contributed by atoms with Crippen molar-refractivity contribution in [1.29, 1.82) is 0 Å². The van der Waals surface area contributed by atoms with Crippen molar-refractivity contribution in [3.63, 3.8) is 0 Å². The molecule has 0 unspecified atom stereocenters. The molecule has 0 aliphatic carbocycles. The maximum atomic E-state index is 4.67. The van der Waals surface area contributed by atoms with Gasteiger partial charge in [-0.2, -0.15) is 4.98 Å². The zero-order valence-electron chi connectivity index (χ0n) is 14.7. The highest BCUT2D eigenvalue weighted by Crippen LogP contribution is 2.22. The van der Waals surface area contributed by atoms with Crippen LogP contribution in [0.15, 0.2) is 36.5 Å². The second kappa shape index (κ2) is 7.99. The van der Waals surface area contributed by atoms with Crippen LogP contribution < -0.4 is 15.1 Å². The lowest BCUT2D eigenvalue weighted by Gasteiger charge is -2.27. The second-order valence-electron chi connectivity index (χ2n) is 6.13. The third kappa shape index (κ3) is 3.96. The van der Waals surface area contributed by atoms with E-state index in [1.54, 1.807) is 0 Å². The minimum Gasteiger partial charge on any atom is -0.372 e. The molecule has 1 aliphatic heterocycles. The molecule has 1 aromatic heterocycles. The Hall–Kier alpha value is -2.30. The topological polar surface area (TPSA) is 44.3 Å². The molecule has 1 N–H and O–H groups in total. The summed E-state index contributed by atoms with van der Waals surface area (Å²) >= 11 is 0. The Bertz CT molecular complexity index is 630. The monoisotopic (exact) mass is 325 g/mol. The summed E-state index contributed by atoms with van der Waals surface area (Å²) in [6, 6.07) is 10.5. The largest absolute Gasteiger partial charge is 0.372 e. The van der Waals surface area contributed by atoms with E-state index < -0.39 is 0 Å². The highest BCUT2D eigenvalue weighted by Gasteiger charge is 2.12. The van der Waals surface area contributed by atoms with Gasteiger partial charge in [0.05, 0.1) is 0 Å². The minimum absolute atomic E-state index is 0.661. The number of nitrogens with one attached hydrogen (secondary N) is 1. The summed E-state index contributed by atoms with van der Waals surface area (Å²) in [5.41, 5.74) is 2.26. The van der Waals surface area contributed by atoms with Gasteiger partial charge in [0.25, 0.3) is 0 Å². The van der Waals surface area contributed by atoms with Gasteiger partial charge in [0, 0.05) is 43.8 Å². The molecule has 2 heterocycles. The lowest BCUT2D eigenvalue weighted by Crippen LogP contribution is -2.30. The normalized spacial score (nSPS) is 14.5. The third-order valence-electron chi connectivity index (χ3n) is 4.57. The van der Waals surface area contributed by atoms with Gasteiger partial charge in [-0.25, -0.2) is 4.98 Å². The van der Waals surface area contributed by atoms with Gasteiger partial charge in [0.15, 0.2) is 0 Å². The van der Waals surface area contributed by atoms with Crippen LogP contribution >= 0.6 is 0 Å². The van der Waals surface area contributed by atoms with Gasteiger partial charge in [-0.3, -0.25) is 0 Å². The van der Waals surface area contributed by atoms with Crippen LogP contribution in [0.3, 0.4) is 0 Å². The molecular formula is C19H27N5. The maximum Gasteiger partial charge on any atom is 0.229 e. The van der Waals surface area contributed by atoms with E-state index in [0.717, 1.165) is 37.7 Å². The molecule has 24 heavy (non-hydrogen) atoms. The molecule has 1 fully saturated rings. The molecule has 1 saturated heterocycles. The molecule has 0 atom stereocenters. The molecule has 0 amide bonds. The van der Waals surface area contributed by atoms with Gasteiger partial charge in [-0.15, -0.1) is 0 Å². The van der Waals surface area contributed by atoms with Crippen molar-refractivity contribution in [3.8, 4) is 0 Å². The van der Waals surface area contributed by atoms with E-state index >= 15 is 0 Å². The molecule has 5 nitrogen and oxygen atoms in total. The fraction of sp³-hybridized carbons (Fsp3) is 0.474. The molecule has 0 saturated carbocycles. The molecule has 1 aromatic carbocycles. The Morgan fingerprint density at radius 3 is 2.38 bits per heavy atom. The van der Waals surface area contributed by atoms with Crippen molar-refractivity contribution >= 4 is 23.1 Å². The summed E-state index contributed by atoms with van der Waals surface area (Å²) in [7, 11) is 0. The summed E-state index contributed by atoms with van der Waals surface area (Å²) in [5, 5.41) is 3.32. The molecular weight excluding hydrogens is 298 g/mol. The number of hydrogen-bond acceptors (Lipinski definition) is 5. The van der Waals surface area contributed by atoms with Crippen LogP contribution in [0.4, 0.5) is 23.1 Å². The predicted molar refractivity (Wildman–Crippen MR) is 101 cm³/mol. The quantitative estimate of drug-likeness (QED) is 0.868. The second-order valence-corrected chi connectivity index (χ2v) is 6.13. The summed E-state index contributed by atoms with van der Waals surface area (Å²) < 4.78 is 0. The van der Waals surface area contributed by atoms with Gasteiger partial charge in [-0.05, 0) is 63.4 Å². The number of benzene rings is 1. The summed E-state index contributed by atoms with van der Waals surface area (Å²) in [6.07, 6.45) is 5.66. The third-order valence-corrected chi connectivity index (χ3v) is 4.57. The molecule has 0 bridgehead atoms. The lowest BCUT2D eigenvalue weighted by atomic mass is 10.1. The van der Waals surface area contributed by atoms with E-state index in [9.17, 15) is 0 Å². The number of piperidine rings is 1. The standard InChI is InChI=1S/C19H27N5/c1-3-23(4-2)17-10-8-16(9-11-17)21-19-20-13-12-18(22-19)24-14-6-5-7-15-24/h8-13H,3-7,14-15H2,1-2H3,(H,20,21,22). The molecule has 0 radical (unpaired) electrons. The van der Waals surface area contributed by atoms with Crippen LogP contribution in [0.2, 0.25) is 0 Å². The number of aromatic nitrogens is 2. The van der Waals surface area contributed by atoms with Gasteiger partial charge in [-0.1, -0.05) is 0 Å². The van der Waals surface area contributed by atoms with Crippen LogP contribution in [0.1, 0.15) is 33.1 Å². The van der Waals surface area contributed by atoms with Crippen LogP contribution in [-0.4, -0.2) is 36.1 Å². The van der Waals surface area contributed by atoms with E-state index in [1.165, 1.54) is 24.9 Å². The first-order chi connectivity index (χ1) is 11.8. The van der Waals surface area contributed by atoms with E-state index in [4.69, 9.17) is 0 Å². The molecule has 3 rings (SSSR count). The summed E-state index contributed by atoms with van der Waals surface area (Å²) in [4.78, 5) is 13.7. The number of hydrogen-bond donors (Lipinski definition) is 1. The lowest BCUT2D eigenvalue weighted by molar-refractivity contribution is 0.573. The van der Waals surface area contributed by atoms with E-state index in [0.29, 0.717) is 5.95 Å². The Balaban J connectivity index is 1.69. The van der Waals surface area contributed by atoms with Gasteiger partial charge in [0.2, 0.25) is 5.95 Å². The zero-order chi connectivity index (χ0) is 16.8. The minimum atomic E-state index is 0.661. The zero-order valence-corrected chi connectivity index (χ0v) is 14.7. The molecule has 0 spiro atoms. The summed E-state index contributed by atoms with van der Waals surface area (Å²) in [5.74, 6) is 1.68. The van der Waals surface area contributed by atoms with Crippen molar-refractivity contribution in [1.82, 2.24) is 9.97 Å². The molecule has 2 aromatic rings. The first-order valence-electron chi connectivity index (χ1n) is 9.00. The maximum absolute atomic E-state index is 4.67. The Morgan fingerprint density at radius 1 is 1.00 bits per heavy atom. The number of anilines is 4. The Morgan fingerprint density at radius 2 is 1.71 bits per heavy atom.